The lowest BCUT2D eigenvalue weighted by Gasteiger charge is -2.34. The first-order valence-electron chi connectivity index (χ1n) is 7.79. The summed E-state index contributed by atoms with van der Waals surface area (Å²) in [4.78, 5) is 13.6. The maximum atomic E-state index is 11.6. The summed E-state index contributed by atoms with van der Waals surface area (Å²) in [6, 6.07) is 3.90. The van der Waals surface area contributed by atoms with Gasteiger partial charge in [0.25, 0.3) is 0 Å². The first-order valence-corrected chi connectivity index (χ1v) is 7.79. The van der Waals surface area contributed by atoms with Crippen molar-refractivity contribution in [1.29, 1.82) is 0 Å². The molecule has 0 unspecified atom stereocenters. The molecule has 2 rings (SSSR count). The molecule has 1 heterocycles. The van der Waals surface area contributed by atoms with Gasteiger partial charge in [0.2, 0.25) is 5.91 Å². The Morgan fingerprint density at radius 1 is 1.36 bits per heavy atom. The SMILES string of the molecule is Cc1ccc(C)c(OC[C@H](O)CN2CCNC(=O)[C@@H]2C)c1C. The largest absolute Gasteiger partial charge is 0.490 e. The second-order valence-electron chi connectivity index (χ2n) is 6.08. The molecule has 1 fully saturated rings. The average molecular weight is 306 g/mol. The first-order chi connectivity index (χ1) is 10.4. The van der Waals surface area contributed by atoms with Crippen molar-refractivity contribution in [3.05, 3.63) is 28.8 Å². The average Bonchev–Trinajstić information content (AvgIpc) is 2.48. The van der Waals surface area contributed by atoms with Gasteiger partial charge in [-0.3, -0.25) is 9.69 Å². The van der Waals surface area contributed by atoms with Gasteiger partial charge in [-0.1, -0.05) is 12.1 Å². The lowest BCUT2D eigenvalue weighted by Crippen LogP contribution is -2.55. The summed E-state index contributed by atoms with van der Waals surface area (Å²) in [7, 11) is 0. The molecular formula is C17H26N2O3. The smallest absolute Gasteiger partial charge is 0.237 e. The molecule has 5 heteroatoms. The molecule has 5 nitrogen and oxygen atoms in total. The Bertz CT molecular complexity index is 545. The molecule has 1 aliphatic rings. The van der Waals surface area contributed by atoms with Gasteiger partial charge in [0.05, 0.1) is 6.04 Å². The van der Waals surface area contributed by atoms with Gasteiger partial charge in [0, 0.05) is 19.6 Å². The van der Waals surface area contributed by atoms with Crippen molar-refractivity contribution in [3.63, 3.8) is 0 Å². The number of nitrogens with zero attached hydrogens (tertiary/aromatic N) is 1. The fourth-order valence-electron chi connectivity index (χ4n) is 2.73. The molecule has 1 aliphatic heterocycles. The second-order valence-corrected chi connectivity index (χ2v) is 6.08. The molecule has 1 aromatic rings. The van der Waals surface area contributed by atoms with Crippen LogP contribution >= 0.6 is 0 Å². The van der Waals surface area contributed by atoms with Gasteiger partial charge in [0.15, 0.2) is 0 Å². The third kappa shape index (κ3) is 3.78. The zero-order chi connectivity index (χ0) is 16.3. The first kappa shape index (κ1) is 16.8. The third-order valence-corrected chi connectivity index (χ3v) is 4.36. The summed E-state index contributed by atoms with van der Waals surface area (Å²) in [5.41, 5.74) is 3.36. The van der Waals surface area contributed by atoms with E-state index in [0.717, 1.165) is 23.4 Å². The molecule has 0 radical (unpaired) electrons. The predicted molar refractivity (Wildman–Crippen MR) is 86.2 cm³/mol. The molecule has 2 atom stereocenters. The maximum absolute atomic E-state index is 11.6. The molecule has 2 N–H and O–H groups in total. The van der Waals surface area contributed by atoms with Crippen molar-refractivity contribution in [3.8, 4) is 5.75 Å². The number of ether oxygens (including phenoxy) is 1. The van der Waals surface area contributed by atoms with Gasteiger partial charge >= 0.3 is 0 Å². The number of carbonyl (C=O) groups is 1. The summed E-state index contributed by atoms with van der Waals surface area (Å²) in [6.07, 6.45) is -0.618. The highest BCUT2D eigenvalue weighted by Gasteiger charge is 2.27. The lowest BCUT2D eigenvalue weighted by molar-refractivity contribution is -0.129. The van der Waals surface area contributed by atoms with Crippen LogP contribution in [-0.2, 0) is 4.79 Å². The van der Waals surface area contributed by atoms with E-state index in [1.165, 1.54) is 5.56 Å². The van der Waals surface area contributed by atoms with Crippen LogP contribution in [-0.4, -0.2) is 54.3 Å². The highest BCUT2D eigenvalue weighted by Crippen LogP contribution is 2.25. The standard InChI is InChI=1S/C17H26N2O3/c1-11-5-6-12(2)16(13(11)3)22-10-15(20)9-19-8-7-18-17(21)14(19)4/h5-6,14-15,20H,7-10H2,1-4H3,(H,18,21)/t14-,15+/m0/s1. The van der Waals surface area contributed by atoms with Crippen LogP contribution in [0.25, 0.3) is 0 Å². The molecule has 0 aliphatic carbocycles. The highest BCUT2D eigenvalue weighted by molar-refractivity contribution is 5.81. The number of hydrogen-bond donors (Lipinski definition) is 2. The molecule has 0 bridgehead atoms. The van der Waals surface area contributed by atoms with Gasteiger partial charge in [-0.05, 0) is 44.4 Å². The van der Waals surface area contributed by atoms with E-state index >= 15 is 0 Å². The van der Waals surface area contributed by atoms with Crippen molar-refractivity contribution < 1.29 is 14.6 Å². The maximum Gasteiger partial charge on any atom is 0.237 e. The fraction of sp³-hybridized carbons (Fsp3) is 0.588. The summed E-state index contributed by atoms with van der Waals surface area (Å²) < 4.78 is 5.84. The fourth-order valence-corrected chi connectivity index (χ4v) is 2.73. The Labute approximate surface area is 132 Å². The Balaban J connectivity index is 1.92. The van der Waals surface area contributed by atoms with Crippen molar-refractivity contribution in [2.24, 2.45) is 0 Å². The van der Waals surface area contributed by atoms with Crippen molar-refractivity contribution in [1.82, 2.24) is 10.2 Å². The van der Waals surface area contributed by atoms with Crippen LogP contribution in [0.5, 0.6) is 5.75 Å². The van der Waals surface area contributed by atoms with E-state index in [0.29, 0.717) is 13.1 Å². The van der Waals surface area contributed by atoms with Crippen molar-refractivity contribution >= 4 is 5.91 Å². The molecule has 122 valence electrons. The van der Waals surface area contributed by atoms with Crippen LogP contribution < -0.4 is 10.1 Å². The van der Waals surface area contributed by atoms with Gasteiger partial charge in [-0.25, -0.2) is 0 Å². The van der Waals surface area contributed by atoms with E-state index in [9.17, 15) is 9.90 Å². The second kappa shape index (κ2) is 7.11. The Hall–Kier alpha value is -1.59. The van der Waals surface area contributed by atoms with Gasteiger partial charge in [-0.15, -0.1) is 0 Å². The normalized spacial score (nSPS) is 20.6. The Kier molecular flexibility index (Phi) is 5.42. The predicted octanol–water partition coefficient (Wildman–Crippen LogP) is 1.17. The zero-order valence-electron chi connectivity index (χ0n) is 13.8. The zero-order valence-corrected chi connectivity index (χ0v) is 13.8. The number of nitrogens with one attached hydrogen (secondary N) is 1. The molecule has 1 aromatic carbocycles. The summed E-state index contributed by atoms with van der Waals surface area (Å²) in [5.74, 6) is 0.869. The summed E-state index contributed by atoms with van der Waals surface area (Å²) in [6.45, 7) is 10.0. The van der Waals surface area contributed by atoms with Gasteiger partial charge in [0.1, 0.15) is 18.5 Å². The van der Waals surface area contributed by atoms with E-state index in [1.54, 1.807) is 0 Å². The minimum atomic E-state index is -0.618. The number of aliphatic hydroxyl groups is 1. The number of β-amino-alcohol motifs (C(OH)–C–C–N with tert-alkyl or cyclic N) is 1. The van der Waals surface area contributed by atoms with Crippen LogP contribution in [0.15, 0.2) is 12.1 Å². The minimum absolute atomic E-state index is 0.0183. The number of benzene rings is 1. The molecule has 1 saturated heterocycles. The van der Waals surface area contributed by atoms with Crippen molar-refractivity contribution in [2.45, 2.75) is 39.8 Å². The van der Waals surface area contributed by atoms with Crippen LogP contribution in [0.1, 0.15) is 23.6 Å². The third-order valence-electron chi connectivity index (χ3n) is 4.36. The lowest BCUT2D eigenvalue weighted by atomic mass is 10.1. The van der Waals surface area contributed by atoms with Crippen LogP contribution in [0.4, 0.5) is 0 Å². The monoisotopic (exact) mass is 306 g/mol. The quantitative estimate of drug-likeness (QED) is 0.857. The van der Waals surface area contributed by atoms with E-state index in [-0.39, 0.29) is 18.6 Å². The Morgan fingerprint density at radius 3 is 2.77 bits per heavy atom. The summed E-state index contributed by atoms with van der Waals surface area (Å²) >= 11 is 0. The molecule has 1 amide bonds. The van der Waals surface area contributed by atoms with E-state index in [1.807, 2.05) is 38.7 Å². The number of carbonyl (C=O) groups excluding carboxylic acids is 1. The number of aryl methyl sites for hydroxylation is 2. The van der Waals surface area contributed by atoms with E-state index < -0.39 is 6.10 Å². The van der Waals surface area contributed by atoms with E-state index in [4.69, 9.17) is 4.74 Å². The molecule has 0 saturated carbocycles. The number of amides is 1. The van der Waals surface area contributed by atoms with Crippen molar-refractivity contribution in [2.75, 3.05) is 26.2 Å². The molecule has 22 heavy (non-hydrogen) atoms. The van der Waals surface area contributed by atoms with Gasteiger partial charge in [-0.2, -0.15) is 0 Å². The van der Waals surface area contributed by atoms with Crippen LogP contribution in [0, 0.1) is 20.8 Å². The Morgan fingerprint density at radius 2 is 2.05 bits per heavy atom. The number of rotatable bonds is 5. The number of aliphatic hydroxyl groups excluding tert-OH is 1. The molecular weight excluding hydrogens is 280 g/mol. The number of hydrogen-bond acceptors (Lipinski definition) is 4. The molecule has 0 spiro atoms. The highest BCUT2D eigenvalue weighted by atomic mass is 16.5. The summed E-state index contributed by atoms with van der Waals surface area (Å²) in [5, 5.41) is 13.0. The van der Waals surface area contributed by atoms with Crippen LogP contribution in [0.3, 0.4) is 0 Å². The molecule has 0 aromatic heterocycles. The topological polar surface area (TPSA) is 61.8 Å². The van der Waals surface area contributed by atoms with Gasteiger partial charge < -0.3 is 15.2 Å². The van der Waals surface area contributed by atoms with Crippen LogP contribution in [0.2, 0.25) is 0 Å². The number of piperazine rings is 1. The minimum Gasteiger partial charge on any atom is -0.490 e. The van der Waals surface area contributed by atoms with E-state index in [2.05, 4.69) is 11.4 Å².